The number of hydrogen-bond donors (Lipinski definition) is 0. The lowest BCUT2D eigenvalue weighted by Crippen LogP contribution is -2.37. The van der Waals surface area contributed by atoms with Gasteiger partial charge >= 0.3 is 0 Å². The summed E-state index contributed by atoms with van der Waals surface area (Å²) >= 11 is 0. The third kappa shape index (κ3) is 2.63. The van der Waals surface area contributed by atoms with E-state index >= 15 is 0 Å². The molecule has 0 aromatic rings. The molecule has 0 unspecified atom stereocenters. The zero-order valence-electron chi connectivity index (χ0n) is 8.76. The van der Waals surface area contributed by atoms with Crippen LogP contribution in [0.25, 0.3) is 0 Å². The van der Waals surface area contributed by atoms with Crippen LogP contribution < -0.4 is 0 Å². The van der Waals surface area contributed by atoms with Crippen molar-refractivity contribution in [1.82, 2.24) is 0 Å². The minimum Gasteiger partial charge on any atom is -0.212 e. The van der Waals surface area contributed by atoms with Gasteiger partial charge in [-0.15, -0.1) is 0 Å². The quantitative estimate of drug-likeness (QED) is 0.703. The minimum absolute atomic E-state index is 0.594. The molecule has 0 aromatic carbocycles. The Morgan fingerprint density at radius 2 is 1.79 bits per heavy atom. The summed E-state index contributed by atoms with van der Waals surface area (Å²) in [5.74, 6) is 0. The van der Waals surface area contributed by atoms with Gasteiger partial charge in [0.25, 0.3) is 0 Å². The fourth-order valence-electron chi connectivity index (χ4n) is 2.31. The van der Waals surface area contributed by atoms with Crippen LogP contribution in [0.3, 0.4) is 0 Å². The van der Waals surface area contributed by atoms with Crippen molar-refractivity contribution in [3.63, 3.8) is 0 Å². The molecule has 84 valence electrons. The molecule has 1 aliphatic rings. The molecule has 0 radical (unpaired) electrons. The number of halogens is 1. The standard InChI is InChI=1S/C10H19ClO2S/c1-2-3-7-10(14(11,12)13)8-5-4-6-9-10/h2-9H2,1H3. The van der Waals surface area contributed by atoms with E-state index in [1.54, 1.807) is 0 Å². The van der Waals surface area contributed by atoms with Crippen LogP contribution in [-0.2, 0) is 9.05 Å². The Morgan fingerprint density at radius 1 is 1.21 bits per heavy atom. The van der Waals surface area contributed by atoms with E-state index < -0.39 is 13.8 Å². The van der Waals surface area contributed by atoms with E-state index in [1.807, 2.05) is 0 Å². The summed E-state index contributed by atoms with van der Waals surface area (Å²) in [5.41, 5.74) is 0. The van der Waals surface area contributed by atoms with Gasteiger partial charge in [-0.3, -0.25) is 0 Å². The first-order valence-corrected chi connectivity index (χ1v) is 7.77. The zero-order chi connectivity index (χ0) is 10.7. The molecule has 0 aliphatic heterocycles. The topological polar surface area (TPSA) is 34.1 Å². The second-order valence-electron chi connectivity index (χ2n) is 4.29. The van der Waals surface area contributed by atoms with Crippen molar-refractivity contribution in [2.75, 3.05) is 0 Å². The fraction of sp³-hybridized carbons (Fsp3) is 1.00. The Balaban J connectivity index is 2.78. The molecular formula is C10H19ClO2S. The van der Waals surface area contributed by atoms with Crippen molar-refractivity contribution < 1.29 is 8.42 Å². The smallest absolute Gasteiger partial charge is 0.212 e. The summed E-state index contributed by atoms with van der Waals surface area (Å²) in [6.45, 7) is 2.08. The molecule has 1 rings (SSSR count). The summed E-state index contributed by atoms with van der Waals surface area (Å²) in [7, 11) is 2.19. The predicted molar refractivity (Wildman–Crippen MR) is 60.1 cm³/mol. The minimum atomic E-state index is -3.39. The Morgan fingerprint density at radius 3 is 2.21 bits per heavy atom. The molecule has 14 heavy (non-hydrogen) atoms. The van der Waals surface area contributed by atoms with Crippen LogP contribution in [0.1, 0.15) is 58.3 Å². The highest BCUT2D eigenvalue weighted by Crippen LogP contribution is 2.41. The number of hydrogen-bond acceptors (Lipinski definition) is 2. The van der Waals surface area contributed by atoms with Crippen LogP contribution in [0.4, 0.5) is 0 Å². The van der Waals surface area contributed by atoms with E-state index in [0.717, 1.165) is 51.4 Å². The van der Waals surface area contributed by atoms with Gasteiger partial charge in [0.05, 0.1) is 4.75 Å². The second-order valence-corrected chi connectivity index (χ2v) is 7.25. The van der Waals surface area contributed by atoms with E-state index in [0.29, 0.717) is 0 Å². The van der Waals surface area contributed by atoms with Crippen LogP contribution in [-0.4, -0.2) is 13.2 Å². The molecule has 1 fully saturated rings. The maximum Gasteiger partial charge on any atom is 0.238 e. The van der Waals surface area contributed by atoms with Crippen molar-refractivity contribution in [3.8, 4) is 0 Å². The lowest BCUT2D eigenvalue weighted by Gasteiger charge is -2.34. The van der Waals surface area contributed by atoms with E-state index in [1.165, 1.54) is 0 Å². The second kappa shape index (κ2) is 4.84. The Hall–Kier alpha value is 0.240. The molecule has 1 saturated carbocycles. The van der Waals surface area contributed by atoms with E-state index in [-0.39, 0.29) is 0 Å². The number of unbranched alkanes of at least 4 members (excludes halogenated alkanes) is 1. The molecule has 0 amide bonds. The Bertz CT molecular complexity index is 266. The van der Waals surface area contributed by atoms with E-state index in [2.05, 4.69) is 6.92 Å². The average molecular weight is 239 g/mol. The zero-order valence-corrected chi connectivity index (χ0v) is 10.3. The molecule has 0 heterocycles. The molecule has 0 saturated heterocycles. The maximum atomic E-state index is 11.6. The van der Waals surface area contributed by atoms with Gasteiger partial charge in [-0.1, -0.05) is 39.0 Å². The van der Waals surface area contributed by atoms with Crippen molar-refractivity contribution in [3.05, 3.63) is 0 Å². The SMILES string of the molecule is CCCCC1(S(=O)(=O)Cl)CCCCC1. The molecule has 0 N–H and O–H groups in total. The van der Waals surface area contributed by atoms with Gasteiger partial charge < -0.3 is 0 Å². The normalized spacial score (nSPS) is 22.1. The van der Waals surface area contributed by atoms with Crippen molar-refractivity contribution in [2.24, 2.45) is 0 Å². The Labute approximate surface area is 91.5 Å². The molecule has 0 aromatic heterocycles. The molecule has 2 nitrogen and oxygen atoms in total. The van der Waals surface area contributed by atoms with Crippen LogP contribution >= 0.6 is 10.7 Å². The molecule has 0 atom stereocenters. The fourth-order valence-corrected chi connectivity index (χ4v) is 4.17. The monoisotopic (exact) mass is 238 g/mol. The summed E-state index contributed by atoms with van der Waals surface area (Å²) < 4.78 is 22.6. The van der Waals surface area contributed by atoms with Crippen molar-refractivity contribution in [2.45, 2.75) is 63.0 Å². The van der Waals surface area contributed by atoms with Crippen LogP contribution in [0.15, 0.2) is 0 Å². The number of rotatable bonds is 4. The summed E-state index contributed by atoms with van der Waals surface area (Å²) in [4.78, 5) is 0. The molecule has 0 bridgehead atoms. The van der Waals surface area contributed by atoms with Gasteiger partial charge in [-0.05, 0) is 19.3 Å². The molecule has 1 aliphatic carbocycles. The third-order valence-corrected chi connectivity index (χ3v) is 5.90. The van der Waals surface area contributed by atoms with Gasteiger partial charge in [0.2, 0.25) is 9.05 Å². The van der Waals surface area contributed by atoms with Gasteiger partial charge in [0.1, 0.15) is 0 Å². The van der Waals surface area contributed by atoms with Crippen LogP contribution in [0, 0.1) is 0 Å². The van der Waals surface area contributed by atoms with Crippen molar-refractivity contribution in [1.29, 1.82) is 0 Å². The van der Waals surface area contributed by atoms with E-state index in [4.69, 9.17) is 10.7 Å². The average Bonchev–Trinajstić information content (AvgIpc) is 2.14. The van der Waals surface area contributed by atoms with Crippen LogP contribution in [0.5, 0.6) is 0 Å². The molecular weight excluding hydrogens is 220 g/mol. The predicted octanol–water partition coefficient (Wildman–Crippen LogP) is 3.45. The highest BCUT2D eigenvalue weighted by Gasteiger charge is 2.42. The van der Waals surface area contributed by atoms with Crippen LogP contribution in [0.2, 0.25) is 0 Å². The summed E-state index contributed by atoms with van der Waals surface area (Å²) in [6, 6.07) is 0. The third-order valence-electron chi connectivity index (χ3n) is 3.27. The Kier molecular flexibility index (Phi) is 4.26. The first kappa shape index (κ1) is 12.3. The first-order valence-electron chi connectivity index (χ1n) is 5.46. The van der Waals surface area contributed by atoms with Gasteiger partial charge in [0.15, 0.2) is 0 Å². The highest BCUT2D eigenvalue weighted by molar-refractivity contribution is 8.14. The van der Waals surface area contributed by atoms with E-state index in [9.17, 15) is 8.42 Å². The molecule has 4 heteroatoms. The van der Waals surface area contributed by atoms with Gasteiger partial charge in [-0.2, -0.15) is 0 Å². The summed E-state index contributed by atoms with van der Waals surface area (Å²) in [5, 5.41) is 0. The summed E-state index contributed by atoms with van der Waals surface area (Å²) in [6.07, 6.45) is 7.44. The largest absolute Gasteiger partial charge is 0.238 e. The highest BCUT2D eigenvalue weighted by atomic mass is 35.7. The lowest BCUT2D eigenvalue weighted by molar-refractivity contribution is 0.351. The van der Waals surface area contributed by atoms with Gasteiger partial charge in [0, 0.05) is 10.7 Å². The van der Waals surface area contributed by atoms with Crippen molar-refractivity contribution >= 4 is 19.7 Å². The first-order chi connectivity index (χ1) is 6.52. The van der Waals surface area contributed by atoms with Gasteiger partial charge in [-0.25, -0.2) is 8.42 Å². The lowest BCUT2D eigenvalue weighted by atomic mass is 9.85. The maximum absolute atomic E-state index is 11.6. The molecule has 0 spiro atoms.